The van der Waals surface area contributed by atoms with Crippen molar-refractivity contribution in [1.29, 1.82) is 0 Å². The Kier molecular flexibility index (Phi) is 4.50. The van der Waals surface area contributed by atoms with E-state index >= 15 is 0 Å². The molecular formula is C15H15N3O3. The number of rotatable bonds is 4. The number of carbonyl (C=O) groups excluding carboxylic acids is 1. The number of carbonyl (C=O) groups is 2. The number of nitrogens with one attached hydrogen (secondary N) is 2. The molecule has 2 aromatic rings. The largest absolute Gasteiger partial charge is 0.478 e. The minimum atomic E-state index is -1.04. The first kappa shape index (κ1) is 14.5. The van der Waals surface area contributed by atoms with Gasteiger partial charge < -0.3 is 15.7 Å². The predicted octanol–water partition coefficient (Wildman–Crippen LogP) is 2.41. The van der Waals surface area contributed by atoms with Gasteiger partial charge in [-0.2, -0.15) is 0 Å². The Balaban J connectivity index is 1.99. The van der Waals surface area contributed by atoms with Crippen molar-refractivity contribution in [2.24, 2.45) is 0 Å². The Morgan fingerprint density at radius 2 is 2.05 bits per heavy atom. The zero-order chi connectivity index (χ0) is 15.2. The first-order chi connectivity index (χ1) is 10.1. The molecule has 1 heterocycles. The van der Waals surface area contributed by atoms with E-state index in [-0.39, 0.29) is 5.56 Å². The third-order valence-corrected chi connectivity index (χ3v) is 2.89. The van der Waals surface area contributed by atoms with Crippen LogP contribution in [0.25, 0.3) is 0 Å². The van der Waals surface area contributed by atoms with Gasteiger partial charge in [0.15, 0.2) is 0 Å². The molecule has 0 aliphatic carbocycles. The highest BCUT2D eigenvalue weighted by molar-refractivity contribution is 5.93. The molecule has 6 heteroatoms. The predicted molar refractivity (Wildman–Crippen MR) is 78.2 cm³/mol. The van der Waals surface area contributed by atoms with E-state index in [2.05, 4.69) is 15.6 Å². The number of anilines is 1. The van der Waals surface area contributed by atoms with Crippen LogP contribution in [0, 0.1) is 6.92 Å². The molecule has 108 valence electrons. The number of carboxylic acid groups (broad SMARTS) is 1. The number of carboxylic acids is 1. The van der Waals surface area contributed by atoms with Crippen LogP contribution >= 0.6 is 0 Å². The highest BCUT2D eigenvalue weighted by atomic mass is 16.4. The van der Waals surface area contributed by atoms with Crippen LogP contribution in [0.3, 0.4) is 0 Å². The molecule has 3 N–H and O–H groups in total. The molecule has 0 fully saturated rings. The van der Waals surface area contributed by atoms with Gasteiger partial charge in [0.05, 0.1) is 17.8 Å². The van der Waals surface area contributed by atoms with E-state index in [9.17, 15) is 9.59 Å². The molecule has 0 aliphatic rings. The maximum atomic E-state index is 11.8. The monoisotopic (exact) mass is 285 g/mol. The van der Waals surface area contributed by atoms with Crippen LogP contribution in [0.4, 0.5) is 10.5 Å². The molecule has 0 aliphatic heterocycles. The molecule has 2 rings (SSSR count). The number of pyridine rings is 1. The van der Waals surface area contributed by atoms with Crippen LogP contribution in [-0.4, -0.2) is 22.1 Å². The van der Waals surface area contributed by atoms with E-state index in [4.69, 9.17) is 5.11 Å². The van der Waals surface area contributed by atoms with Crippen molar-refractivity contribution in [2.75, 3.05) is 5.32 Å². The summed E-state index contributed by atoms with van der Waals surface area (Å²) in [6, 6.07) is 9.60. The van der Waals surface area contributed by atoms with Crippen LogP contribution in [0.15, 0.2) is 42.6 Å². The Morgan fingerprint density at radius 3 is 2.71 bits per heavy atom. The second kappa shape index (κ2) is 6.51. The lowest BCUT2D eigenvalue weighted by Gasteiger charge is -2.10. The molecule has 0 unspecified atom stereocenters. The molecular weight excluding hydrogens is 270 g/mol. The number of aromatic carboxylic acids is 1. The number of nitrogens with zero attached hydrogens (tertiary/aromatic N) is 1. The molecule has 6 nitrogen and oxygen atoms in total. The SMILES string of the molecule is Cc1ccc(C(=O)O)cc1NC(=O)NCc1ccccn1. The third-order valence-electron chi connectivity index (χ3n) is 2.89. The summed E-state index contributed by atoms with van der Waals surface area (Å²) in [7, 11) is 0. The highest BCUT2D eigenvalue weighted by Crippen LogP contribution is 2.16. The lowest BCUT2D eigenvalue weighted by atomic mass is 10.1. The molecule has 0 atom stereocenters. The van der Waals surface area contributed by atoms with E-state index in [1.165, 1.54) is 12.1 Å². The van der Waals surface area contributed by atoms with Gasteiger partial charge in [-0.05, 0) is 36.8 Å². The van der Waals surface area contributed by atoms with Crippen LogP contribution in [0.5, 0.6) is 0 Å². The summed E-state index contributed by atoms with van der Waals surface area (Å²) in [6.45, 7) is 2.09. The number of aryl methyl sites for hydroxylation is 1. The summed E-state index contributed by atoms with van der Waals surface area (Å²) < 4.78 is 0. The average molecular weight is 285 g/mol. The summed E-state index contributed by atoms with van der Waals surface area (Å²) in [5.41, 5.74) is 2.12. The fourth-order valence-electron chi connectivity index (χ4n) is 1.73. The molecule has 0 radical (unpaired) electrons. The van der Waals surface area contributed by atoms with E-state index in [0.29, 0.717) is 12.2 Å². The maximum Gasteiger partial charge on any atom is 0.335 e. The average Bonchev–Trinajstić information content (AvgIpc) is 2.48. The summed E-state index contributed by atoms with van der Waals surface area (Å²) in [5, 5.41) is 14.2. The number of amides is 2. The summed E-state index contributed by atoms with van der Waals surface area (Å²) in [4.78, 5) is 26.8. The first-order valence-corrected chi connectivity index (χ1v) is 6.35. The molecule has 0 spiro atoms. The van der Waals surface area contributed by atoms with Gasteiger partial charge in [0.1, 0.15) is 0 Å². The van der Waals surface area contributed by atoms with Crippen molar-refractivity contribution in [3.63, 3.8) is 0 Å². The number of hydrogen-bond acceptors (Lipinski definition) is 3. The lowest BCUT2D eigenvalue weighted by molar-refractivity contribution is 0.0697. The Morgan fingerprint density at radius 1 is 1.24 bits per heavy atom. The molecule has 1 aromatic carbocycles. The minimum absolute atomic E-state index is 0.126. The molecule has 1 aromatic heterocycles. The minimum Gasteiger partial charge on any atom is -0.478 e. The standard InChI is InChI=1S/C15H15N3O3/c1-10-5-6-11(14(19)20)8-13(10)18-15(21)17-9-12-4-2-3-7-16-12/h2-8H,9H2,1H3,(H,19,20)(H2,17,18,21). The number of hydrogen-bond donors (Lipinski definition) is 3. The zero-order valence-electron chi connectivity index (χ0n) is 11.5. The number of benzene rings is 1. The van der Waals surface area contributed by atoms with Gasteiger partial charge in [0.2, 0.25) is 0 Å². The second-order valence-corrected chi connectivity index (χ2v) is 4.46. The number of urea groups is 1. The highest BCUT2D eigenvalue weighted by Gasteiger charge is 2.09. The van der Waals surface area contributed by atoms with Crippen molar-refractivity contribution in [3.05, 3.63) is 59.4 Å². The molecule has 0 saturated carbocycles. The normalized spacial score (nSPS) is 9.95. The number of aromatic nitrogens is 1. The van der Waals surface area contributed by atoms with Crippen molar-refractivity contribution >= 4 is 17.7 Å². The van der Waals surface area contributed by atoms with Gasteiger partial charge in [-0.1, -0.05) is 12.1 Å². The fraction of sp³-hybridized carbons (Fsp3) is 0.133. The second-order valence-electron chi connectivity index (χ2n) is 4.46. The molecule has 21 heavy (non-hydrogen) atoms. The fourth-order valence-corrected chi connectivity index (χ4v) is 1.73. The summed E-state index contributed by atoms with van der Waals surface area (Å²) >= 11 is 0. The Hall–Kier alpha value is -2.89. The lowest BCUT2D eigenvalue weighted by Crippen LogP contribution is -2.28. The topological polar surface area (TPSA) is 91.3 Å². The van der Waals surface area contributed by atoms with Gasteiger partial charge in [0.25, 0.3) is 0 Å². The zero-order valence-corrected chi connectivity index (χ0v) is 11.5. The van der Waals surface area contributed by atoms with Crippen LogP contribution in [-0.2, 0) is 6.54 Å². The smallest absolute Gasteiger partial charge is 0.335 e. The van der Waals surface area contributed by atoms with Crippen LogP contribution < -0.4 is 10.6 Å². The third kappa shape index (κ3) is 4.04. The Bertz CT molecular complexity index is 656. The van der Waals surface area contributed by atoms with Crippen LogP contribution in [0.1, 0.15) is 21.6 Å². The van der Waals surface area contributed by atoms with Gasteiger partial charge in [0, 0.05) is 11.9 Å². The van der Waals surface area contributed by atoms with E-state index in [0.717, 1.165) is 11.3 Å². The van der Waals surface area contributed by atoms with Gasteiger partial charge >= 0.3 is 12.0 Å². The van der Waals surface area contributed by atoms with Crippen LogP contribution in [0.2, 0.25) is 0 Å². The Labute approximate surface area is 121 Å². The summed E-state index contributed by atoms with van der Waals surface area (Å²) in [5.74, 6) is -1.04. The quantitative estimate of drug-likeness (QED) is 0.804. The van der Waals surface area contributed by atoms with E-state index in [1.54, 1.807) is 31.3 Å². The van der Waals surface area contributed by atoms with E-state index < -0.39 is 12.0 Å². The van der Waals surface area contributed by atoms with Crippen molar-refractivity contribution in [1.82, 2.24) is 10.3 Å². The molecule has 0 bridgehead atoms. The molecule has 0 saturated heterocycles. The van der Waals surface area contributed by atoms with Gasteiger partial charge in [-0.3, -0.25) is 4.98 Å². The van der Waals surface area contributed by atoms with Crippen molar-refractivity contribution < 1.29 is 14.7 Å². The summed E-state index contributed by atoms with van der Waals surface area (Å²) in [6.07, 6.45) is 1.65. The van der Waals surface area contributed by atoms with Gasteiger partial charge in [-0.25, -0.2) is 9.59 Å². The van der Waals surface area contributed by atoms with Crippen molar-refractivity contribution in [3.8, 4) is 0 Å². The van der Waals surface area contributed by atoms with E-state index in [1.807, 2.05) is 6.07 Å². The van der Waals surface area contributed by atoms with Crippen molar-refractivity contribution in [2.45, 2.75) is 13.5 Å². The molecule has 2 amide bonds. The first-order valence-electron chi connectivity index (χ1n) is 6.35. The van der Waals surface area contributed by atoms with Gasteiger partial charge in [-0.15, -0.1) is 0 Å². The maximum absolute atomic E-state index is 11.8.